The SMILES string of the molecule is COC(=O)c1coc(-c2nc3oc2C24c5ccccc5NC2Oc2ccc(cc24)C[C@H](N(C)C(=O)[C@@H](O)C(C)C)C(=O)N(C)[C@H]3C(C)C)n1. The summed E-state index contributed by atoms with van der Waals surface area (Å²) in [5, 5.41) is 14.3. The lowest BCUT2D eigenvalue weighted by Crippen LogP contribution is -2.53. The third-order valence-electron chi connectivity index (χ3n) is 9.91. The van der Waals surface area contributed by atoms with E-state index in [-0.39, 0.29) is 47.3 Å². The first-order chi connectivity index (χ1) is 23.4. The van der Waals surface area contributed by atoms with Crippen LogP contribution in [0.2, 0.25) is 0 Å². The number of hydrogen-bond donors (Lipinski definition) is 2. The smallest absolute Gasteiger partial charge is 0.360 e. The molecule has 2 aromatic heterocycles. The molecule has 0 saturated heterocycles. The summed E-state index contributed by atoms with van der Waals surface area (Å²) in [4.78, 5) is 52.8. The van der Waals surface area contributed by atoms with Gasteiger partial charge in [0, 0.05) is 31.8 Å². The van der Waals surface area contributed by atoms with Crippen molar-refractivity contribution in [2.45, 2.75) is 63.9 Å². The van der Waals surface area contributed by atoms with Gasteiger partial charge in [0.1, 0.15) is 35.6 Å². The van der Waals surface area contributed by atoms with Gasteiger partial charge >= 0.3 is 5.97 Å². The Labute approximate surface area is 283 Å². The largest absolute Gasteiger partial charge is 0.469 e. The molecule has 49 heavy (non-hydrogen) atoms. The number of esters is 1. The lowest BCUT2D eigenvalue weighted by molar-refractivity contribution is -0.151. The molecule has 5 atom stereocenters. The van der Waals surface area contributed by atoms with Gasteiger partial charge in [-0.25, -0.2) is 14.8 Å². The molecule has 1 spiro atoms. The number of oxazole rings is 2. The van der Waals surface area contributed by atoms with Gasteiger partial charge < -0.3 is 38.5 Å². The maximum absolute atomic E-state index is 14.5. The molecule has 3 aliphatic rings. The molecule has 5 heterocycles. The molecule has 4 bridgehead atoms. The molecule has 0 radical (unpaired) electrons. The average molecular weight is 670 g/mol. The van der Waals surface area contributed by atoms with E-state index in [4.69, 9.17) is 23.3 Å². The van der Waals surface area contributed by atoms with Crippen LogP contribution in [-0.2, 0) is 26.2 Å². The Bertz CT molecular complexity index is 1970. The van der Waals surface area contributed by atoms with Crippen molar-refractivity contribution in [2.24, 2.45) is 11.8 Å². The van der Waals surface area contributed by atoms with Crippen LogP contribution < -0.4 is 10.1 Å². The van der Waals surface area contributed by atoms with Gasteiger partial charge in [0.25, 0.3) is 5.91 Å². The van der Waals surface area contributed by atoms with Crippen molar-refractivity contribution in [3.63, 3.8) is 0 Å². The second-order valence-electron chi connectivity index (χ2n) is 13.6. The summed E-state index contributed by atoms with van der Waals surface area (Å²) in [6.07, 6.45) is -0.563. The number of aliphatic hydroxyl groups is 1. The Morgan fingerprint density at radius 3 is 2.59 bits per heavy atom. The summed E-state index contributed by atoms with van der Waals surface area (Å²) in [6, 6.07) is 11.9. The Hall–Kier alpha value is -5.17. The number of likely N-dealkylation sites (N-methyl/N-ethyl adjacent to an activating group) is 2. The first-order valence-electron chi connectivity index (χ1n) is 16.3. The van der Waals surface area contributed by atoms with Crippen LogP contribution in [0.1, 0.15) is 72.6 Å². The second kappa shape index (κ2) is 11.8. The lowest BCUT2D eigenvalue weighted by Gasteiger charge is -2.36. The first kappa shape index (κ1) is 32.4. The van der Waals surface area contributed by atoms with Crippen molar-refractivity contribution in [1.82, 2.24) is 19.8 Å². The minimum atomic E-state index is -1.28. The molecule has 7 rings (SSSR count). The van der Waals surface area contributed by atoms with Crippen molar-refractivity contribution in [1.29, 1.82) is 0 Å². The van der Waals surface area contributed by atoms with Gasteiger partial charge in [-0.05, 0) is 35.1 Å². The number of anilines is 1. The van der Waals surface area contributed by atoms with Crippen molar-refractivity contribution >= 4 is 23.5 Å². The number of nitrogens with one attached hydrogen (secondary N) is 1. The summed E-state index contributed by atoms with van der Waals surface area (Å²) < 4.78 is 24.2. The highest BCUT2D eigenvalue weighted by Gasteiger charge is 2.61. The number of amides is 2. The number of benzene rings is 2. The summed E-state index contributed by atoms with van der Waals surface area (Å²) in [5.41, 5.74) is 2.33. The van der Waals surface area contributed by atoms with Gasteiger partial charge in [0.15, 0.2) is 23.4 Å². The number of para-hydroxylation sites is 1. The minimum absolute atomic E-state index is 0.0322. The Morgan fingerprint density at radius 2 is 1.88 bits per heavy atom. The molecule has 4 aromatic rings. The van der Waals surface area contributed by atoms with Crippen molar-refractivity contribution in [2.75, 3.05) is 26.5 Å². The fourth-order valence-corrected chi connectivity index (χ4v) is 7.34. The quantitative estimate of drug-likeness (QED) is 0.284. The van der Waals surface area contributed by atoms with Crippen LogP contribution in [0.3, 0.4) is 0 Å². The number of methoxy groups -OCH3 is 1. The second-order valence-corrected chi connectivity index (χ2v) is 13.6. The van der Waals surface area contributed by atoms with Gasteiger partial charge in [-0.2, -0.15) is 0 Å². The topological polar surface area (TPSA) is 160 Å². The standard InChI is InChI=1S/C36H39N5O8/c1-17(2)27-31-39-26(30-37-23(16-47-30)34(45)46-7)29(49-31)36-20-10-8-9-11-22(20)38-35(36)48-25-13-12-19(14-21(25)36)15-24(32(43)41(27)6)40(5)33(44)28(42)18(3)4/h8-14,16-18,24,27-28,35,38,42H,15H2,1-7H3/t24-,27-,28-,35?,36?/m0/s1. The van der Waals surface area contributed by atoms with E-state index in [2.05, 4.69) is 10.3 Å². The molecule has 0 saturated carbocycles. The van der Waals surface area contributed by atoms with Crippen LogP contribution in [-0.4, -0.2) is 82.2 Å². The number of hydrogen-bond acceptors (Lipinski definition) is 11. The zero-order valence-corrected chi connectivity index (χ0v) is 28.4. The molecule has 0 aliphatic carbocycles. The number of fused-ring (bicyclic) bond motifs is 4. The summed E-state index contributed by atoms with van der Waals surface area (Å²) in [5.74, 6) is -0.910. The highest BCUT2D eigenvalue weighted by molar-refractivity contribution is 5.90. The molecule has 256 valence electrons. The minimum Gasteiger partial charge on any atom is -0.469 e. The van der Waals surface area contributed by atoms with Crippen LogP contribution in [0.15, 0.2) is 57.6 Å². The zero-order valence-electron chi connectivity index (χ0n) is 28.4. The summed E-state index contributed by atoms with van der Waals surface area (Å²) in [6.45, 7) is 7.40. The summed E-state index contributed by atoms with van der Waals surface area (Å²) >= 11 is 0. The van der Waals surface area contributed by atoms with Crippen molar-refractivity contribution in [3.05, 3.63) is 82.8 Å². The highest BCUT2D eigenvalue weighted by atomic mass is 16.5. The molecule has 0 fully saturated rings. The Kier molecular flexibility index (Phi) is 7.77. The predicted molar refractivity (Wildman–Crippen MR) is 176 cm³/mol. The fraction of sp³-hybridized carbons (Fsp3) is 0.417. The number of aliphatic hydroxyl groups excluding tert-OH is 1. The van der Waals surface area contributed by atoms with Crippen molar-refractivity contribution in [3.8, 4) is 17.3 Å². The van der Waals surface area contributed by atoms with Gasteiger partial charge in [0.05, 0.1) is 7.11 Å². The average Bonchev–Trinajstić information content (AvgIpc) is 3.86. The van der Waals surface area contributed by atoms with Crippen LogP contribution in [0.5, 0.6) is 5.75 Å². The van der Waals surface area contributed by atoms with E-state index >= 15 is 0 Å². The number of aromatic nitrogens is 2. The molecule has 2 unspecified atom stereocenters. The van der Waals surface area contributed by atoms with Gasteiger partial charge in [-0.15, -0.1) is 0 Å². The van der Waals surface area contributed by atoms with E-state index in [1.54, 1.807) is 32.8 Å². The zero-order chi connectivity index (χ0) is 34.9. The number of nitrogens with zero attached hydrogens (tertiary/aromatic N) is 4. The maximum atomic E-state index is 14.5. The summed E-state index contributed by atoms with van der Waals surface area (Å²) in [7, 11) is 4.47. The molecule has 2 aromatic carbocycles. The van der Waals surface area contributed by atoms with Gasteiger partial charge in [0.2, 0.25) is 17.7 Å². The monoisotopic (exact) mass is 669 g/mol. The molecular formula is C36H39N5O8. The maximum Gasteiger partial charge on any atom is 0.360 e. The van der Waals surface area contributed by atoms with Gasteiger partial charge in [-0.1, -0.05) is 58.0 Å². The molecule has 3 aliphatic heterocycles. The molecular weight excluding hydrogens is 630 g/mol. The Morgan fingerprint density at radius 1 is 1.12 bits per heavy atom. The first-order valence-corrected chi connectivity index (χ1v) is 16.3. The normalized spacial score (nSPS) is 22.9. The van der Waals surface area contributed by atoms with E-state index in [9.17, 15) is 19.5 Å². The third kappa shape index (κ3) is 4.81. The van der Waals surface area contributed by atoms with Crippen molar-refractivity contribution < 1.29 is 37.8 Å². The Balaban J connectivity index is 1.51. The molecule has 13 nitrogen and oxygen atoms in total. The van der Waals surface area contributed by atoms with Crippen LogP contribution in [0.25, 0.3) is 11.6 Å². The number of carbonyl (C=O) groups excluding carboxylic acids is 3. The number of rotatable bonds is 6. The highest BCUT2D eigenvalue weighted by Crippen LogP contribution is 2.59. The molecule has 2 amide bonds. The van der Waals surface area contributed by atoms with E-state index in [0.717, 1.165) is 22.4 Å². The molecule has 2 N–H and O–H groups in total. The van der Waals surface area contributed by atoms with Crippen LogP contribution >= 0.6 is 0 Å². The van der Waals surface area contributed by atoms with E-state index < -0.39 is 41.7 Å². The van der Waals surface area contributed by atoms with Crippen LogP contribution in [0, 0.1) is 11.8 Å². The predicted octanol–water partition coefficient (Wildman–Crippen LogP) is 4.15. The van der Waals surface area contributed by atoms with E-state index in [0.29, 0.717) is 11.5 Å². The lowest BCUT2D eigenvalue weighted by atomic mass is 9.72. The van der Waals surface area contributed by atoms with E-state index in [1.807, 2.05) is 56.3 Å². The van der Waals surface area contributed by atoms with Crippen LogP contribution in [0.4, 0.5) is 5.69 Å². The molecule has 13 heteroatoms. The number of carbonyl (C=O) groups is 3. The fourth-order valence-electron chi connectivity index (χ4n) is 7.34. The van der Waals surface area contributed by atoms with E-state index in [1.165, 1.54) is 18.3 Å². The number of ether oxygens (including phenoxy) is 2. The van der Waals surface area contributed by atoms with Gasteiger partial charge in [-0.3, -0.25) is 9.59 Å². The third-order valence-corrected chi connectivity index (χ3v) is 9.91.